The van der Waals surface area contributed by atoms with E-state index in [1.165, 1.54) is 12.8 Å². The van der Waals surface area contributed by atoms with Crippen LogP contribution in [0.15, 0.2) is 24.3 Å². The van der Waals surface area contributed by atoms with Gasteiger partial charge in [0, 0.05) is 24.7 Å². The normalized spacial score (nSPS) is 20.7. The summed E-state index contributed by atoms with van der Waals surface area (Å²) < 4.78 is 0. The van der Waals surface area contributed by atoms with Gasteiger partial charge in [-0.15, -0.1) is 0 Å². The number of para-hydroxylation sites is 1. The van der Waals surface area contributed by atoms with Crippen LogP contribution in [0.2, 0.25) is 0 Å². The molecule has 2 rings (SSSR count). The molecule has 1 aliphatic rings. The van der Waals surface area contributed by atoms with Crippen molar-refractivity contribution in [2.75, 3.05) is 13.1 Å². The van der Waals surface area contributed by atoms with Crippen molar-refractivity contribution in [1.29, 1.82) is 0 Å². The van der Waals surface area contributed by atoms with Crippen molar-refractivity contribution < 1.29 is 5.11 Å². The summed E-state index contributed by atoms with van der Waals surface area (Å²) in [5.41, 5.74) is 0.968. The third kappa shape index (κ3) is 2.94. The molecule has 1 aromatic rings. The predicted octanol–water partition coefficient (Wildman–Crippen LogP) is 1.23. The highest BCUT2D eigenvalue weighted by Gasteiger charge is 2.12. The highest BCUT2D eigenvalue weighted by molar-refractivity contribution is 5.31. The maximum Gasteiger partial charge on any atom is 0.120 e. The van der Waals surface area contributed by atoms with Gasteiger partial charge in [0.05, 0.1) is 0 Å². The van der Waals surface area contributed by atoms with Crippen LogP contribution in [0.1, 0.15) is 18.4 Å². The summed E-state index contributed by atoms with van der Waals surface area (Å²) in [5.74, 6) is 0.379. The van der Waals surface area contributed by atoms with Gasteiger partial charge in [0.15, 0.2) is 0 Å². The van der Waals surface area contributed by atoms with Gasteiger partial charge in [-0.25, -0.2) is 0 Å². The molecule has 0 unspecified atom stereocenters. The monoisotopic (exact) mass is 206 g/mol. The van der Waals surface area contributed by atoms with E-state index in [4.69, 9.17) is 0 Å². The van der Waals surface area contributed by atoms with Crippen LogP contribution in [0.4, 0.5) is 0 Å². The van der Waals surface area contributed by atoms with Crippen LogP contribution in [-0.4, -0.2) is 24.2 Å². The molecule has 1 aromatic carbocycles. The van der Waals surface area contributed by atoms with Gasteiger partial charge < -0.3 is 15.7 Å². The maximum absolute atomic E-state index is 9.55. The van der Waals surface area contributed by atoms with E-state index < -0.39 is 0 Å². The van der Waals surface area contributed by atoms with Crippen LogP contribution in [-0.2, 0) is 6.54 Å². The van der Waals surface area contributed by atoms with Gasteiger partial charge >= 0.3 is 0 Å². The predicted molar refractivity (Wildman–Crippen MR) is 60.8 cm³/mol. The maximum atomic E-state index is 9.55. The van der Waals surface area contributed by atoms with Crippen LogP contribution in [0.5, 0.6) is 5.75 Å². The molecule has 0 radical (unpaired) electrons. The molecule has 1 heterocycles. The summed E-state index contributed by atoms with van der Waals surface area (Å²) in [7, 11) is 0. The molecule has 82 valence electrons. The van der Waals surface area contributed by atoms with Crippen molar-refractivity contribution in [1.82, 2.24) is 10.6 Å². The van der Waals surface area contributed by atoms with E-state index in [9.17, 15) is 5.11 Å². The summed E-state index contributed by atoms with van der Waals surface area (Å²) in [6, 6.07) is 8.08. The molecule has 1 aliphatic heterocycles. The molecule has 15 heavy (non-hydrogen) atoms. The molecule has 1 saturated heterocycles. The highest BCUT2D eigenvalue weighted by Crippen LogP contribution is 2.14. The molecule has 3 N–H and O–H groups in total. The van der Waals surface area contributed by atoms with E-state index in [1.54, 1.807) is 6.07 Å². The average molecular weight is 206 g/mol. The number of hydrogen-bond acceptors (Lipinski definition) is 3. The average Bonchev–Trinajstić information content (AvgIpc) is 2.74. The smallest absolute Gasteiger partial charge is 0.120 e. The zero-order valence-electron chi connectivity index (χ0n) is 8.87. The summed E-state index contributed by atoms with van der Waals surface area (Å²) in [6.45, 7) is 2.86. The van der Waals surface area contributed by atoms with Gasteiger partial charge in [-0.3, -0.25) is 0 Å². The summed E-state index contributed by atoms with van der Waals surface area (Å²) in [5, 5.41) is 16.3. The highest BCUT2D eigenvalue weighted by atomic mass is 16.3. The Morgan fingerprint density at radius 3 is 3.00 bits per heavy atom. The molecular weight excluding hydrogens is 188 g/mol. The number of phenolic OH excluding ortho intramolecular Hbond substituents is 1. The molecular formula is C12H18N2O. The first-order valence-electron chi connectivity index (χ1n) is 5.57. The first kappa shape index (κ1) is 10.5. The Labute approximate surface area is 90.5 Å². The standard InChI is InChI=1S/C12H18N2O/c15-12-6-2-1-4-10(12)8-13-9-11-5-3-7-14-11/h1-2,4,6,11,13-15H,3,5,7-9H2/t11-/m0/s1. The summed E-state index contributed by atoms with van der Waals surface area (Å²) in [4.78, 5) is 0. The van der Waals surface area contributed by atoms with Crippen LogP contribution in [0, 0.1) is 0 Å². The number of nitrogens with one attached hydrogen (secondary N) is 2. The lowest BCUT2D eigenvalue weighted by Crippen LogP contribution is -2.33. The zero-order valence-corrected chi connectivity index (χ0v) is 8.87. The van der Waals surface area contributed by atoms with Gasteiger partial charge in [-0.2, -0.15) is 0 Å². The lowest BCUT2D eigenvalue weighted by Gasteiger charge is -2.11. The number of rotatable bonds is 4. The first-order chi connectivity index (χ1) is 7.36. The zero-order chi connectivity index (χ0) is 10.5. The minimum Gasteiger partial charge on any atom is -0.508 e. The van der Waals surface area contributed by atoms with Crippen molar-refractivity contribution in [3.8, 4) is 5.75 Å². The Hall–Kier alpha value is -1.06. The fourth-order valence-corrected chi connectivity index (χ4v) is 1.97. The Morgan fingerprint density at radius 2 is 2.27 bits per heavy atom. The van der Waals surface area contributed by atoms with Gasteiger partial charge in [0.1, 0.15) is 5.75 Å². The van der Waals surface area contributed by atoms with Gasteiger partial charge in [0.25, 0.3) is 0 Å². The number of aromatic hydroxyl groups is 1. The Morgan fingerprint density at radius 1 is 1.40 bits per heavy atom. The van der Waals surface area contributed by atoms with Crippen LogP contribution >= 0.6 is 0 Å². The molecule has 0 bridgehead atoms. The van der Waals surface area contributed by atoms with Crippen LogP contribution in [0.3, 0.4) is 0 Å². The van der Waals surface area contributed by atoms with Crippen LogP contribution in [0.25, 0.3) is 0 Å². The lowest BCUT2D eigenvalue weighted by atomic mass is 10.2. The van der Waals surface area contributed by atoms with E-state index in [0.29, 0.717) is 11.8 Å². The fraction of sp³-hybridized carbons (Fsp3) is 0.500. The second kappa shape index (κ2) is 5.14. The van der Waals surface area contributed by atoms with Crippen molar-refractivity contribution in [2.24, 2.45) is 0 Å². The Kier molecular flexibility index (Phi) is 3.59. The Bertz CT molecular complexity index is 308. The molecule has 1 fully saturated rings. The van der Waals surface area contributed by atoms with Crippen molar-refractivity contribution in [3.05, 3.63) is 29.8 Å². The molecule has 3 nitrogen and oxygen atoms in total. The van der Waals surface area contributed by atoms with E-state index in [0.717, 1.165) is 25.2 Å². The molecule has 0 saturated carbocycles. The molecule has 3 heteroatoms. The third-order valence-electron chi connectivity index (χ3n) is 2.86. The van der Waals surface area contributed by atoms with Gasteiger partial charge in [-0.1, -0.05) is 18.2 Å². The quantitative estimate of drug-likeness (QED) is 0.694. The second-order valence-corrected chi connectivity index (χ2v) is 4.05. The summed E-state index contributed by atoms with van der Waals surface area (Å²) in [6.07, 6.45) is 2.54. The molecule has 1 atom stereocenters. The van der Waals surface area contributed by atoms with E-state index >= 15 is 0 Å². The molecule has 0 aromatic heterocycles. The molecule has 0 aliphatic carbocycles. The Balaban J connectivity index is 1.75. The topological polar surface area (TPSA) is 44.3 Å². The van der Waals surface area contributed by atoms with E-state index in [-0.39, 0.29) is 0 Å². The van der Waals surface area contributed by atoms with Crippen molar-refractivity contribution in [2.45, 2.75) is 25.4 Å². The fourth-order valence-electron chi connectivity index (χ4n) is 1.97. The second-order valence-electron chi connectivity index (χ2n) is 4.05. The lowest BCUT2D eigenvalue weighted by molar-refractivity contribution is 0.461. The number of benzene rings is 1. The number of hydrogen-bond donors (Lipinski definition) is 3. The SMILES string of the molecule is Oc1ccccc1CNC[C@@H]1CCCN1. The minimum atomic E-state index is 0.379. The number of phenols is 1. The molecule has 0 spiro atoms. The largest absolute Gasteiger partial charge is 0.508 e. The van der Waals surface area contributed by atoms with E-state index in [1.807, 2.05) is 18.2 Å². The first-order valence-corrected chi connectivity index (χ1v) is 5.57. The van der Waals surface area contributed by atoms with Crippen LogP contribution < -0.4 is 10.6 Å². The third-order valence-corrected chi connectivity index (χ3v) is 2.86. The minimum absolute atomic E-state index is 0.379. The van der Waals surface area contributed by atoms with Crippen molar-refractivity contribution >= 4 is 0 Å². The van der Waals surface area contributed by atoms with Gasteiger partial charge in [0.2, 0.25) is 0 Å². The summed E-state index contributed by atoms with van der Waals surface area (Å²) >= 11 is 0. The van der Waals surface area contributed by atoms with Crippen molar-refractivity contribution in [3.63, 3.8) is 0 Å². The van der Waals surface area contributed by atoms with E-state index in [2.05, 4.69) is 10.6 Å². The van der Waals surface area contributed by atoms with Gasteiger partial charge in [-0.05, 0) is 25.5 Å². The molecule has 0 amide bonds.